The fourth-order valence-corrected chi connectivity index (χ4v) is 5.77. The second kappa shape index (κ2) is 13.7. The average molecular weight is 530 g/mol. The molecular formula is C29H39NO8. The number of ether oxygens (including phenoxy) is 1. The van der Waals surface area contributed by atoms with Gasteiger partial charge < -0.3 is 25.2 Å². The van der Waals surface area contributed by atoms with E-state index >= 15 is 0 Å². The molecule has 9 nitrogen and oxygen atoms in total. The van der Waals surface area contributed by atoms with E-state index in [0.29, 0.717) is 44.1 Å². The first-order valence-electron chi connectivity index (χ1n) is 13.2. The van der Waals surface area contributed by atoms with Gasteiger partial charge in [-0.05, 0) is 67.9 Å². The molecule has 0 bridgehead atoms. The van der Waals surface area contributed by atoms with Crippen LogP contribution >= 0.6 is 0 Å². The van der Waals surface area contributed by atoms with E-state index < -0.39 is 29.8 Å². The number of phenols is 1. The molecule has 2 amide bonds. The highest BCUT2D eigenvalue weighted by molar-refractivity contribution is 6.05. The summed E-state index contributed by atoms with van der Waals surface area (Å²) in [5.41, 5.74) is 3.19. The summed E-state index contributed by atoms with van der Waals surface area (Å²) >= 11 is 0. The first kappa shape index (κ1) is 29.5. The lowest BCUT2D eigenvalue weighted by Gasteiger charge is -2.36. The van der Waals surface area contributed by atoms with Gasteiger partial charge in [-0.15, -0.1) is 0 Å². The summed E-state index contributed by atoms with van der Waals surface area (Å²) in [6, 6.07) is 6.89. The Morgan fingerprint density at radius 2 is 1.95 bits per heavy atom. The van der Waals surface area contributed by atoms with Crippen molar-refractivity contribution in [1.29, 1.82) is 0 Å². The van der Waals surface area contributed by atoms with Crippen LogP contribution in [0.1, 0.15) is 57.4 Å². The summed E-state index contributed by atoms with van der Waals surface area (Å²) in [7, 11) is 1.53. The summed E-state index contributed by atoms with van der Waals surface area (Å²) in [6.07, 6.45) is 3.88. The summed E-state index contributed by atoms with van der Waals surface area (Å²) in [4.78, 5) is 38.5. The van der Waals surface area contributed by atoms with Gasteiger partial charge in [0, 0.05) is 26.0 Å². The van der Waals surface area contributed by atoms with Crippen LogP contribution in [0.5, 0.6) is 5.75 Å². The number of phenolic OH excluding ortho intramolecular Hbond substituents is 1. The number of rotatable bonds is 14. The minimum absolute atomic E-state index is 0.0494. The van der Waals surface area contributed by atoms with Gasteiger partial charge >= 0.3 is 5.97 Å². The van der Waals surface area contributed by atoms with Crippen molar-refractivity contribution in [3.05, 3.63) is 46.5 Å². The Balaban J connectivity index is 1.74. The minimum atomic E-state index is -0.918. The maximum Gasteiger partial charge on any atom is 0.303 e. The third-order valence-electron chi connectivity index (χ3n) is 7.52. The zero-order valence-electron chi connectivity index (χ0n) is 22.1. The van der Waals surface area contributed by atoms with E-state index in [9.17, 15) is 29.7 Å². The molecule has 1 aromatic carbocycles. The summed E-state index contributed by atoms with van der Waals surface area (Å²) in [5.74, 6) is -3.33. The molecule has 2 aliphatic rings. The Labute approximate surface area is 223 Å². The SMILES string of the molecule is COCC1=C([C@H](O)CC/C(C)=C/c2cccc(O)c2)[C@H](CO)[C@@H]2C(=O)N(CCCCCC(=O)O)C(=O)[C@@H]2C1. The van der Waals surface area contributed by atoms with Crippen molar-refractivity contribution in [3.63, 3.8) is 0 Å². The third kappa shape index (κ3) is 7.09. The molecule has 1 aromatic rings. The van der Waals surface area contributed by atoms with Crippen LogP contribution in [0.25, 0.3) is 6.08 Å². The van der Waals surface area contributed by atoms with E-state index in [-0.39, 0.29) is 43.7 Å². The number of likely N-dealkylation sites (tertiary alicyclic amines) is 1. The molecule has 4 atom stereocenters. The van der Waals surface area contributed by atoms with Crippen molar-refractivity contribution >= 4 is 23.9 Å². The Morgan fingerprint density at radius 3 is 2.61 bits per heavy atom. The molecular weight excluding hydrogens is 490 g/mol. The molecule has 1 fully saturated rings. The first-order valence-corrected chi connectivity index (χ1v) is 13.2. The highest BCUT2D eigenvalue weighted by Gasteiger charge is 2.54. The molecule has 1 heterocycles. The smallest absolute Gasteiger partial charge is 0.303 e. The minimum Gasteiger partial charge on any atom is -0.508 e. The number of nitrogens with zero attached hydrogens (tertiary/aromatic N) is 1. The van der Waals surface area contributed by atoms with Crippen molar-refractivity contribution in [3.8, 4) is 5.75 Å². The maximum absolute atomic E-state index is 13.4. The van der Waals surface area contributed by atoms with Gasteiger partial charge in [0.25, 0.3) is 0 Å². The van der Waals surface area contributed by atoms with Crippen LogP contribution in [0.2, 0.25) is 0 Å². The molecule has 0 aromatic heterocycles. The predicted octanol–water partition coefficient (Wildman–Crippen LogP) is 3.14. The highest BCUT2D eigenvalue weighted by atomic mass is 16.5. The molecule has 3 rings (SSSR count). The lowest BCUT2D eigenvalue weighted by atomic mass is 9.68. The third-order valence-corrected chi connectivity index (χ3v) is 7.52. The largest absolute Gasteiger partial charge is 0.508 e. The molecule has 0 saturated carbocycles. The Morgan fingerprint density at radius 1 is 1.18 bits per heavy atom. The van der Waals surface area contributed by atoms with Gasteiger partial charge in [-0.25, -0.2) is 0 Å². The number of fused-ring (bicyclic) bond motifs is 1. The summed E-state index contributed by atoms with van der Waals surface area (Å²) in [6.45, 7) is 1.99. The normalized spacial score (nSPS) is 22.7. The highest BCUT2D eigenvalue weighted by Crippen LogP contribution is 2.46. The molecule has 4 N–H and O–H groups in total. The molecule has 9 heteroatoms. The number of unbranched alkanes of at least 4 members (excludes halogenated alkanes) is 2. The number of carbonyl (C=O) groups excluding carboxylic acids is 2. The molecule has 38 heavy (non-hydrogen) atoms. The number of hydrogen-bond acceptors (Lipinski definition) is 7. The van der Waals surface area contributed by atoms with Crippen molar-refractivity contribution in [1.82, 2.24) is 4.90 Å². The monoisotopic (exact) mass is 529 g/mol. The Hall–Kier alpha value is -3.01. The van der Waals surface area contributed by atoms with Crippen LogP contribution in [0.4, 0.5) is 0 Å². The quantitative estimate of drug-likeness (QED) is 0.163. The number of hydrogen-bond donors (Lipinski definition) is 4. The van der Waals surface area contributed by atoms with Gasteiger partial charge in [-0.3, -0.25) is 19.3 Å². The number of aliphatic hydroxyl groups is 2. The number of amides is 2. The number of aliphatic hydroxyl groups excluding tert-OH is 2. The van der Waals surface area contributed by atoms with Gasteiger partial charge in [-0.2, -0.15) is 0 Å². The second-order valence-electron chi connectivity index (χ2n) is 10.3. The predicted molar refractivity (Wildman–Crippen MR) is 141 cm³/mol. The summed E-state index contributed by atoms with van der Waals surface area (Å²) in [5, 5.41) is 40.1. The molecule has 0 spiro atoms. The number of imide groups is 1. The van der Waals surface area contributed by atoms with Crippen LogP contribution < -0.4 is 0 Å². The number of aliphatic carboxylic acids is 1. The molecule has 208 valence electrons. The zero-order valence-corrected chi connectivity index (χ0v) is 22.1. The van der Waals surface area contributed by atoms with Crippen LogP contribution in [0.15, 0.2) is 41.0 Å². The molecule has 1 aliphatic heterocycles. The van der Waals surface area contributed by atoms with Gasteiger partial charge in [0.05, 0.1) is 31.2 Å². The standard InChI is InChI=1S/C29H39NO8/c1-18(13-19-7-6-8-21(32)14-19)10-11-24(33)26-20(17-38-2)15-22-27(23(26)16-31)29(37)30(28(22)36)12-5-3-4-9-25(34)35/h6-8,13-14,22-24,27,31-33H,3-5,9-12,15-17H2,1-2H3,(H,34,35)/b18-13+/t22-,23+,24-,27-/m1/s1. The van der Waals surface area contributed by atoms with Gasteiger partial charge in [0.15, 0.2) is 0 Å². The van der Waals surface area contributed by atoms with E-state index in [2.05, 4.69) is 0 Å². The first-order chi connectivity index (χ1) is 18.2. The van der Waals surface area contributed by atoms with E-state index in [1.165, 1.54) is 12.0 Å². The second-order valence-corrected chi connectivity index (χ2v) is 10.3. The van der Waals surface area contributed by atoms with Crippen molar-refractivity contribution < 1.29 is 39.5 Å². The van der Waals surface area contributed by atoms with Crippen LogP contribution in [0.3, 0.4) is 0 Å². The molecule has 1 aliphatic carbocycles. The number of carbonyl (C=O) groups is 3. The fourth-order valence-electron chi connectivity index (χ4n) is 5.77. The molecule has 0 unspecified atom stereocenters. The number of aromatic hydroxyl groups is 1. The summed E-state index contributed by atoms with van der Waals surface area (Å²) < 4.78 is 5.38. The number of carboxylic acids is 1. The lowest BCUT2D eigenvalue weighted by Crippen LogP contribution is -2.39. The maximum atomic E-state index is 13.4. The number of carboxylic acid groups (broad SMARTS) is 1. The van der Waals surface area contributed by atoms with Gasteiger partial charge in [0.1, 0.15) is 5.75 Å². The van der Waals surface area contributed by atoms with E-state index in [1.54, 1.807) is 18.2 Å². The van der Waals surface area contributed by atoms with Crippen molar-refractivity contribution in [2.24, 2.45) is 17.8 Å². The number of allylic oxidation sites excluding steroid dienone is 1. The van der Waals surface area contributed by atoms with E-state index in [1.807, 2.05) is 19.1 Å². The average Bonchev–Trinajstić information content (AvgIpc) is 3.10. The molecule has 0 radical (unpaired) electrons. The lowest BCUT2D eigenvalue weighted by molar-refractivity contribution is -0.141. The van der Waals surface area contributed by atoms with E-state index in [0.717, 1.165) is 16.7 Å². The zero-order chi connectivity index (χ0) is 27.8. The topological polar surface area (TPSA) is 145 Å². The van der Waals surface area contributed by atoms with Crippen molar-refractivity contribution in [2.45, 2.75) is 58.0 Å². The van der Waals surface area contributed by atoms with Crippen LogP contribution in [0, 0.1) is 17.8 Å². The number of benzene rings is 1. The number of methoxy groups -OCH3 is 1. The van der Waals surface area contributed by atoms with Gasteiger partial charge in [0.2, 0.25) is 11.8 Å². The molecule has 1 saturated heterocycles. The Kier molecular flexibility index (Phi) is 10.6. The van der Waals surface area contributed by atoms with Crippen LogP contribution in [-0.2, 0) is 19.1 Å². The Bertz CT molecular complexity index is 1080. The van der Waals surface area contributed by atoms with E-state index in [4.69, 9.17) is 9.84 Å². The van der Waals surface area contributed by atoms with Gasteiger partial charge in [-0.1, -0.05) is 30.2 Å². The van der Waals surface area contributed by atoms with Crippen molar-refractivity contribution in [2.75, 3.05) is 26.9 Å². The fraction of sp³-hybridized carbons (Fsp3) is 0.552. The van der Waals surface area contributed by atoms with Crippen LogP contribution in [-0.4, -0.2) is 76.1 Å².